The Morgan fingerprint density at radius 2 is 0.952 bits per heavy atom. The predicted octanol–water partition coefficient (Wildman–Crippen LogP) is 4.71. The highest BCUT2D eigenvalue weighted by atomic mass is 32.1. The zero-order chi connectivity index (χ0) is 14.7. The summed E-state index contributed by atoms with van der Waals surface area (Å²) in [4.78, 5) is 23.7. The summed E-state index contributed by atoms with van der Waals surface area (Å²) in [5.41, 5.74) is 3.56. The molecule has 0 N–H and O–H groups in total. The molecule has 2 nitrogen and oxygen atoms in total. The molecule has 0 aliphatic rings. The van der Waals surface area contributed by atoms with Crippen molar-refractivity contribution in [2.24, 2.45) is 0 Å². The molecular weight excluding hydrogens is 280 g/mol. The van der Waals surface area contributed by atoms with E-state index < -0.39 is 0 Å². The van der Waals surface area contributed by atoms with Gasteiger partial charge in [0.25, 0.3) is 0 Å². The molecular formula is C18H12O2S. The maximum atomic E-state index is 10.7. The number of thiophene rings is 1. The first-order valence-electron chi connectivity index (χ1n) is 6.51. The fraction of sp³-hybridized carbons (Fsp3) is 0. The molecule has 3 aromatic rings. The summed E-state index contributed by atoms with van der Waals surface area (Å²) in [6.07, 6.45) is 1.69. The molecule has 0 aliphatic heterocycles. The number of aldehydes is 2. The van der Waals surface area contributed by atoms with Gasteiger partial charge in [0.2, 0.25) is 0 Å². The van der Waals surface area contributed by atoms with Gasteiger partial charge >= 0.3 is 0 Å². The molecule has 0 atom stereocenters. The van der Waals surface area contributed by atoms with Crippen LogP contribution in [0.3, 0.4) is 0 Å². The minimum atomic E-state index is 0.681. The van der Waals surface area contributed by atoms with Crippen molar-refractivity contribution < 1.29 is 9.59 Å². The summed E-state index contributed by atoms with van der Waals surface area (Å²) in [5.74, 6) is 0. The van der Waals surface area contributed by atoms with E-state index >= 15 is 0 Å². The van der Waals surface area contributed by atoms with E-state index in [1.807, 2.05) is 48.5 Å². The van der Waals surface area contributed by atoms with Crippen LogP contribution in [0.5, 0.6) is 0 Å². The molecule has 1 heterocycles. The van der Waals surface area contributed by atoms with Crippen molar-refractivity contribution in [3.05, 3.63) is 71.8 Å². The van der Waals surface area contributed by atoms with Crippen LogP contribution in [0.1, 0.15) is 20.7 Å². The van der Waals surface area contributed by atoms with Gasteiger partial charge in [-0.15, -0.1) is 11.3 Å². The molecule has 0 fully saturated rings. The smallest absolute Gasteiger partial charge is 0.150 e. The van der Waals surface area contributed by atoms with Gasteiger partial charge < -0.3 is 0 Å². The van der Waals surface area contributed by atoms with Crippen LogP contribution in [0.4, 0.5) is 0 Å². The van der Waals surface area contributed by atoms with Crippen LogP contribution >= 0.6 is 11.3 Å². The Morgan fingerprint density at radius 3 is 1.29 bits per heavy atom. The van der Waals surface area contributed by atoms with E-state index in [0.29, 0.717) is 11.1 Å². The highest BCUT2D eigenvalue weighted by Crippen LogP contribution is 2.34. The van der Waals surface area contributed by atoms with Gasteiger partial charge in [-0.25, -0.2) is 0 Å². The summed E-state index contributed by atoms with van der Waals surface area (Å²) in [6, 6.07) is 19.2. The average molecular weight is 292 g/mol. The quantitative estimate of drug-likeness (QED) is 0.653. The summed E-state index contributed by atoms with van der Waals surface area (Å²) in [7, 11) is 0. The average Bonchev–Trinajstić information content (AvgIpc) is 3.05. The highest BCUT2D eigenvalue weighted by molar-refractivity contribution is 7.18. The van der Waals surface area contributed by atoms with Crippen LogP contribution in [-0.4, -0.2) is 12.6 Å². The minimum absolute atomic E-state index is 0.681. The van der Waals surface area contributed by atoms with Gasteiger partial charge in [-0.3, -0.25) is 9.59 Å². The largest absolute Gasteiger partial charge is 0.298 e. The minimum Gasteiger partial charge on any atom is -0.298 e. The normalized spacial score (nSPS) is 10.3. The van der Waals surface area contributed by atoms with Crippen LogP contribution in [-0.2, 0) is 0 Å². The first kappa shape index (κ1) is 13.5. The lowest BCUT2D eigenvalue weighted by molar-refractivity contribution is 0.111. The highest BCUT2D eigenvalue weighted by Gasteiger charge is 2.05. The van der Waals surface area contributed by atoms with Crippen molar-refractivity contribution >= 4 is 23.9 Å². The molecule has 0 unspecified atom stereocenters. The Hall–Kier alpha value is -2.52. The third-order valence-corrected chi connectivity index (χ3v) is 4.45. The Kier molecular flexibility index (Phi) is 3.75. The van der Waals surface area contributed by atoms with Gasteiger partial charge in [0, 0.05) is 20.9 Å². The molecule has 0 saturated carbocycles. The zero-order valence-corrected chi connectivity index (χ0v) is 12.0. The monoisotopic (exact) mass is 292 g/mol. The summed E-state index contributed by atoms with van der Waals surface area (Å²) < 4.78 is 0. The zero-order valence-electron chi connectivity index (χ0n) is 11.2. The first-order chi connectivity index (χ1) is 10.3. The number of carbonyl (C=O) groups excluding carboxylic acids is 2. The van der Waals surface area contributed by atoms with Crippen molar-refractivity contribution in [1.29, 1.82) is 0 Å². The Morgan fingerprint density at radius 1 is 0.571 bits per heavy atom. The number of hydrogen-bond acceptors (Lipinski definition) is 3. The maximum absolute atomic E-state index is 10.7. The number of hydrogen-bond donors (Lipinski definition) is 0. The van der Waals surface area contributed by atoms with Crippen molar-refractivity contribution in [2.75, 3.05) is 0 Å². The second-order valence-corrected chi connectivity index (χ2v) is 5.73. The van der Waals surface area contributed by atoms with Crippen molar-refractivity contribution in [1.82, 2.24) is 0 Å². The molecule has 3 heteroatoms. The molecule has 102 valence electrons. The third kappa shape index (κ3) is 2.83. The Bertz CT molecular complexity index is 702. The van der Waals surface area contributed by atoms with E-state index in [4.69, 9.17) is 0 Å². The van der Waals surface area contributed by atoms with E-state index in [1.54, 1.807) is 11.3 Å². The van der Waals surface area contributed by atoms with Crippen LogP contribution in [0.15, 0.2) is 60.7 Å². The van der Waals surface area contributed by atoms with Gasteiger partial charge in [-0.2, -0.15) is 0 Å². The van der Waals surface area contributed by atoms with E-state index in [1.165, 1.54) is 0 Å². The first-order valence-corrected chi connectivity index (χ1v) is 7.33. The van der Waals surface area contributed by atoms with Gasteiger partial charge in [0.1, 0.15) is 12.6 Å². The van der Waals surface area contributed by atoms with Crippen LogP contribution < -0.4 is 0 Å². The van der Waals surface area contributed by atoms with Gasteiger partial charge in [-0.1, -0.05) is 48.5 Å². The number of rotatable bonds is 4. The van der Waals surface area contributed by atoms with E-state index in [2.05, 4.69) is 12.1 Å². The fourth-order valence-corrected chi connectivity index (χ4v) is 3.12. The summed E-state index contributed by atoms with van der Waals surface area (Å²) in [6.45, 7) is 0. The molecule has 1 aromatic heterocycles. The molecule has 0 saturated heterocycles. The predicted molar refractivity (Wildman–Crippen MR) is 86.0 cm³/mol. The molecule has 0 radical (unpaired) electrons. The van der Waals surface area contributed by atoms with Gasteiger partial charge in [0.05, 0.1) is 0 Å². The number of benzene rings is 2. The lowest BCUT2D eigenvalue weighted by Crippen LogP contribution is -1.78. The molecule has 0 bridgehead atoms. The SMILES string of the molecule is O=Cc1ccc(-c2ccc(-c3ccc(C=O)cc3)s2)cc1. The van der Waals surface area contributed by atoms with Crippen LogP contribution in [0.25, 0.3) is 20.9 Å². The fourth-order valence-electron chi connectivity index (χ4n) is 2.10. The topological polar surface area (TPSA) is 34.1 Å². The summed E-state index contributed by atoms with van der Waals surface area (Å²) >= 11 is 1.69. The molecule has 0 spiro atoms. The lowest BCUT2D eigenvalue weighted by atomic mass is 10.1. The molecule has 21 heavy (non-hydrogen) atoms. The lowest BCUT2D eigenvalue weighted by Gasteiger charge is -1.99. The number of carbonyl (C=O) groups is 2. The molecule has 0 amide bonds. The van der Waals surface area contributed by atoms with Crippen molar-refractivity contribution in [2.45, 2.75) is 0 Å². The second kappa shape index (κ2) is 5.85. The van der Waals surface area contributed by atoms with E-state index in [0.717, 1.165) is 33.5 Å². The van der Waals surface area contributed by atoms with Gasteiger partial charge in [-0.05, 0) is 23.3 Å². The second-order valence-electron chi connectivity index (χ2n) is 4.64. The molecule has 2 aromatic carbocycles. The van der Waals surface area contributed by atoms with Crippen molar-refractivity contribution in [3.63, 3.8) is 0 Å². The summed E-state index contributed by atoms with van der Waals surface area (Å²) in [5, 5.41) is 0. The van der Waals surface area contributed by atoms with E-state index in [-0.39, 0.29) is 0 Å². The third-order valence-electron chi connectivity index (χ3n) is 3.27. The van der Waals surface area contributed by atoms with Gasteiger partial charge in [0.15, 0.2) is 0 Å². The van der Waals surface area contributed by atoms with E-state index in [9.17, 15) is 9.59 Å². The molecule has 0 aliphatic carbocycles. The van der Waals surface area contributed by atoms with Crippen LogP contribution in [0.2, 0.25) is 0 Å². The Labute approximate surface area is 126 Å². The Balaban J connectivity index is 1.90. The van der Waals surface area contributed by atoms with Crippen molar-refractivity contribution in [3.8, 4) is 20.9 Å². The maximum Gasteiger partial charge on any atom is 0.150 e. The molecule has 3 rings (SSSR count). The standard InChI is InChI=1S/C18H12O2S/c19-11-13-1-5-15(6-2-13)17-9-10-18(21-17)16-7-3-14(12-20)4-8-16/h1-12H. The van der Waals surface area contributed by atoms with Crippen LogP contribution in [0, 0.1) is 0 Å².